The van der Waals surface area contributed by atoms with E-state index in [-0.39, 0.29) is 5.56 Å². The van der Waals surface area contributed by atoms with Gasteiger partial charge in [-0.2, -0.15) is 5.26 Å². The molecule has 2 aromatic rings. The summed E-state index contributed by atoms with van der Waals surface area (Å²) >= 11 is 3.36. The first kappa shape index (κ1) is 14.1. The number of nitriles is 1. The average molecular weight is 331 g/mol. The number of para-hydroxylation sites is 1. The van der Waals surface area contributed by atoms with E-state index in [1.54, 1.807) is 30.3 Å². The molecular weight excluding hydrogens is 320 g/mol. The van der Waals surface area contributed by atoms with Gasteiger partial charge >= 0.3 is 5.97 Å². The smallest absolute Gasteiger partial charge is 0.335 e. The normalized spacial score (nSPS) is 9.80. The van der Waals surface area contributed by atoms with Crippen molar-refractivity contribution in [1.82, 2.24) is 0 Å². The zero-order chi connectivity index (χ0) is 14.5. The van der Waals surface area contributed by atoms with E-state index in [4.69, 9.17) is 10.4 Å². The Labute approximate surface area is 124 Å². The van der Waals surface area contributed by atoms with Crippen LogP contribution in [0.3, 0.4) is 0 Å². The molecule has 0 aromatic heterocycles. The third-order valence-corrected chi connectivity index (χ3v) is 3.56. The molecule has 4 nitrogen and oxygen atoms in total. The first-order valence-electron chi connectivity index (χ1n) is 5.86. The van der Waals surface area contributed by atoms with Gasteiger partial charge in [-0.05, 0) is 29.8 Å². The second kappa shape index (κ2) is 6.22. The molecule has 2 aromatic carbocycles. The third-order valence-electron chi connectivity index (χ3n) is 2.82. The van der Waals surface area contributed by atoms with Crippen LogP contribution in [-0.4, -0.2) is 11.1 Å². The van der Waals surface area contributed by atoms with Crippen molar-refractivity contribution in [3.8, 4) is 6.07 Å². The molecule has 2 rings (SSSR count). The molecule has 0 aliphatic rings. The van der Waals surface area contributed by atoms with Crippen LogP contribution in [0.25, 0.3) is 0 Å². The van der Waals surface area contributed by atoms with Crippen molar-refractivity contribution >= 4 is 27.6 Å². The van der Waals surface area contributed by atoms with Crippen molar-refractivity contribution in [2.45, 2.75) is 6.54 Å². The highest BCUT2D eigenvalue weighted by atomic mass is 79.9. The van der Waals surface area contributed by atoms with Crippen LogP contribution in [-0.2, 0) is 6.54 Å². The Morgan fingerprint density at radius 3 is 2.70 bits per heavy atom. The van der Waals surface area contributed by atoms with Gasteiger partial charge in [0.1, 0.15) is 6.07 Å². The van der Waals surface area contributed by atoms with Gasteiger partial charge in [0.2, 0.25) is 0 Å². The highest BCUT2D eigenvalue weighted by Gasteiger charge is 2.07. The summed E-state index contributed by atoms with van der Waals surface area (Å²) in [6.45, 7) is 0.499. The van der Waals surface area contributed by atoms with Gasteiger partial charge in [-0.1, -0.05) is 34.1 Å². The van der Waals surface area contributed by atoms with Crippen LogP contribution >= 0.6 is 15.9 Å². The maximum atomic E-state index is 10.9. The number of aromatic carboxylic acids is 1. The van der Waals surface area contributed by atoms with E-state index in [2.05, 4.69) is 27.3 Å². The molecule has 0 unspecified atom stereocenters. The van der Waals surface area contributed by atoms with Crippen LogP contribution in [0, 0.1) is 11.3 Å². The molecule has 0 heterocycles. The fourth-order valence-corrected chi connectivity index (χ4v) is 2.27. The highest BCUT2D eigenvalue weighted by molar-refractivity contribution is 9.10. The number of anilines is 1. The Morgan fingerprint density at radius 2 is 2.05 bits per heavy atom. The molecule has 0 atom stereocenters. The van der Waals surface area contributed by atoms with Gasteiger partial charge in [-0.3, -0.25) is 0 Å². The Kier molecular flexibility index (Phi) is 4.38. The van der Waals surface area contributed by atoms with Crippen LogP contribution in [0.1, 0.15) is 21.5 Å². The Morgan fingerprint density at radius 1 is 1.30 bits per heavy atom. The standard InChI is InChI=1S/C15H11BrN2O2/c16-13-7-10(15(19)20)5-6-12(13)9-18-14-4-2-1-3-11(14)8-17/h1-7,18H,9H2,(H,19,20). The predicted octanol–water partition coefficient (Wildman–Crippen LogP) is 3.63. The van der Waals surface area contributed by atoms with Gasteiger partial charge in [0.05, 0.1) is 16.8 Å². The number of carboxylic acid groups (broad SMARTS) is 1. The van der Waals surface area contributed by atoms with E-state index in [1.165, 1.54) is 0 Å². The lowest BCUT2D eigenvalue weighted by Gasteiger charge is -2.10. The van der Waals surface area contributed by atoms with Crippen molar-refractivity contribution in [1.29, 1.82) is 5.26 Å². The molecule has 0 spiro atoms. The van der Waals surface area contributed by atoms with Crippen LogP contribution < -0.4 is 5.32 Å². The lowest BCUT2D eigenvalue weighted by atomic mass is 10.1. The number of carboxylic acids is 1. The molecule has 100 valence electrons. The number of carbonyl (C=O) groups is 1. The summed E-state index contributed by atoms with van der Waals surface area (Å²) in [5, 5.41) is 21.1. The molecule has 2 N–H and O–H groups in total. The van der Waals surface area contributed by atoms with Gasteiger partial charge in [0.15, 0.2) is 0 Å². The number of rotatable bonds is 4. The van der Waals surface area contributed by atoms with Gasteiger partial charge in [0.25, 0.3) is 0 Å². The number of hydrogen-bond acceptors (Lipinski definition) is 3. The molecule has 0 amide bonds. The molecule has 0 saturated heterocycles. The van der Waals surface area contributed by atoms with Gasteiger partial charge in [-0.15, -0.1) is 0 Å². The maximum absolute atomic E-state index is 10.9. The van der Waals surface area contributed by atoms with E-state index in [0.717, 1.165) is 15.7 Å². The summed E-state index contributed by atoms with van der Waals surface area (Å²) in [4.78, 5) is 10.9. The van der Waals surface area contributed by atoms with Gasteiger partial charge in [-0.25, -0.2) is 4.79 Å². The Balaban J connectivity index is 2.16. The van der Waals surface area contributed by atoms with E-state index >= 15 is 0 Å². The second-order valence-corrected chi connectivity index (χ2v) is 4.98. The zero-order valence-corrected chi connectivity index (χ0v) is 12.0. The first-order chi connectivity index (χ1) is 9.61. The number of nitrogens with one attached hydrogen (secondary N) is 1. The zero-order valence-electron chi connectivity index (χ0n) is 10.4. The molecule has 0 bridgehead atoms. The summed E-state index contributed by atoms with van der Waals surface area (Å²) in [5.41, 5.74) is 2.48. The largest absolute Gasteiger partial charge is 0.478 e. The third kappa shape index (κ3) is 3.16. The lowest BCUT2D eigenvalue weighted by molar-refractivity contribution is 0.0697. The number of nitrogens with zero attached hydrogens (tertiary/aromatic N) is 1. The van der Waals surface area contributed by atoms with Crippen molar-refractivity contribution in [3.63, 3.8) is 0 Å². The minimum Gasteiger partial charge on any atom is -0.478 e. The Hall–Kier alpha value is -2.32. The summed E-state index contributed by atoms with van der Waals surface area (Å²) in [6.07, 6.45) is 0. The SMILES string of the molecule is N#Cc1ccccc1NCc1ccc(C(=O)O)cc1Br. The van der Waals surface area contributed by atoms with Crippen molar-refractivity contribution in [3.05, 3.63) is 63.6 Å². The quantitative estimate of drug-likeness (QED) is 0.897. The van der Waals surface area contributed by atoms with Crippen LogP contribution in [0.4, 0.5) is 5.69 Å². The van der Waals surface area contributed by atoms with Gasteiger partial charge in [0, 0.05) is 11.0 Å². The Bertz CT molecular complexity index is 693. The monoisotopic (exact) mass is 330 g/mol. The predicted molar refractivity (Wildman–Crippen MR) is 79.6 cm³/mol. The van der Waals surface area contributed by atoms with E-state index in [1.807, 2.05) is 12.1 Å². The van der Waals surface area contributed by atoms with Crippen LogP contribution in [0.2, 0.25) is 0 Å². The van der Waals surface area contributed by atoms with Crippen LogP contribution in [0.15, 0.2) is 46.9 Å². The minimum absolute atomic E-state index is 0.234. The number of hydrogen-bond donors (Lipinski definition) is 2. The molecular formula is C15H11BrN2O2. The molecule has 0 radical (unpaired) electrons. The van der Waals surface area contributed by atoms with E-state index < -0.39 is 5.97 Å². The molecule has 0 aliphatic carbocycles. The molecule has 0 aliphatic heterocycles. The van der Waals surface area contributed by atoms with Gasteiger partial charge < -0.3 is 10.4 Å². The van der Waals surface area contributed by atoms with Crippen molar-refractivity contribution in [2.75, 3.05) is 5.32 Å². The topological polar surface area (TPSA) is 73.1 Å². The summed E-state index contributed by atoms with van der Waals surface area (Å²) in [7, 11) is 0. The summed E-state index contributed by atoms with van der Waals surface area (Å²) in [6, 6.07) is 14.2. The molecule has 0 fully saturated rings. The van der Waals surface area contributed by atoms with E-state index in [9.17, 15) is 4.79 Å². The van der Waals surface area contributed by atoms with Crippen molar-refractivity contribution < 1.29 is 9.90 Å². The van der Waals surface area contributed by atoms with Crippen LogP contribution in [0.5, 0.6) is 0 Å². The maximum Gasteiger partial charge on any atom is 0.335 e. The number of halogens is 1. The van der Waals surface area contributed by atoms with E-state index in [0.29, 0.717) is 12.1 Å². The number of benzene rings is 2. The fourth-order valence-electron chi connectivity index (χ4n) is 1.75. The fraction of sp³-hybridized carbons (Fsp3) is 0.0667. The second-order valence-electron chi connectivity index (χ2n) is 4.12. The molecule has 0 saturated carbocycles. The first-order valence-corrected chi connectivity index (χ1v) is 6.66. The molecule has 5 heteroatoms. The average Bonchev–Trinajstić information content (AvgIpc) is 2.46. The minimum atomic E-state index is -0.958. The molecule has 20 heavy (non-hydrogen) atoms. The lowest BCUT2D eigenvalue weighted by Crippen LogP contribution is -2.03. The summed E-state index contributed by atoms with van der Waals surface area (Å²) < 4.78 is 0.722. The van der Waals surface area contributed by atoms with Crippen molar-refractivity contribution in [2.24, 2.45) is 0 Å². The summed E-state index contributed by atoms with van der Waals surface area (Å²) in [5.74, 6) is -0.958. The highest BCUT2D eigenvalue weighted by Crippen LogP contribution is 2.21.